The summed E-state index contributed by atoms with van der Waals surface area (Å²) in [6, 6.07) is 22.8. The average Bonchev–Trinajstić information content (AvgIpc) is 3.22. The number of para-hydroxylation sites is 1. The molecule has 152 valence electrons. The largest absolute Gasteiger partial charge is 0.453 e. The maximum Gasteiger partial charge on any atom is 0.282 e. The smallest absolute Gasteiger partial charge is 0.282 e. The Kier molecular flexibility index (Phi) is 5.21. The number of aromatic nitrogens is 2. The predicted octanol–water partition coefficient (Wildman–Crippen LogP) is 6.18. The van der Waals surface area contributed by atoms with Gasteiger partial charge < -0.3 is 4.42 Å². The van der Waals surface area contributed by atoms with Crippen molar-refractivity contribution in [3.63, 3.8) is 0 Å². The van der Waals surface area contributed by atoms with Gasteiger partial charge in [0.15, 0.2) is 5.76 Å². The van der Waals surface area contributed by atoms with Crippen LogP contribution in [0.3, 0.4) is 0 Å². The van der Waals surface area contributed by atoms with Crippen LogP contribution in [0.4, 0.5) is 0 Å². The molecular formula is C24H16BrN3O2S. The first kappa shape index (κ1) is 19.8. The molecule has 0 aliphatic carbocycles. The monoisotopic (exact) mass is 489 g/mol. The van der Waals surface area contributed by atoms with Gasteiger partial charge in [0.1, 0.15) is 5.58 Å². The van der Waals surface area contributed by atoms with Crippen LogP contribution in [-0.2, 0) is 0 Å². The second-order valence-electron chi connectivity index (χ2n) is 6.88. The van der Waals surface area contributed by atoms with Crippen LogP contribution in [0, 0.1) is 0 Å². The summed E-state index contributed by atoms with van der Waals surface area (Å²) in [5.41, 5.74) is 1.94. The van der Waals surface area contributed by atoms with E-state index in [1.54, 1.807) is 24.0 Å². The van der Waals surface area contributed by atoms with E-state index in [2.05, 4.69) is 21.0 Å². The molecule has 2 heterocycles. The van der Waals surface area contributed by atoms with Gasteiger partial charge in [-0.25, -0.2) is 4.98 Å². The van der Waals surface area contributed by atoms with E-state index < -0.39 is 0 Å². The lowest BCUT2D eigenvalue weighted by Crippen LogP contribution is -2.20. The zero-order valence-electron chi connectivity index (χ0n) is 16.4. The number of nitrogens with zero attached hydrogens (tertiary/aromatic N) is 3. The number of fused-ring (bicyclic) bond motifs is 2. The quantitative estimate of drug-likeness (QED) is 0.223. The lowest BCUT2D eigenvalue weighted by atomic mass is 10.2. The summed E-state index contributed by atoms with van der Waals surface area (Å²) in [6.45, 7) is 0. The number of furan rings is 1. The Balaban J connectivity index is 1.70. The van der Waals surface area contributed by atoms with Crippen molar-refractivity contribution >= 4 is 55.8 Å². The second kappa shape index (κ2) is 8.17. The van der Waals surface area contributed by atoms with Crippen LogP contribution < -0.4 is 5.56 Å². The van der Waals surface area contributed by atoms with Gasteiger partial charge in [0, 0.05) is 14.8 Å². The SMILES string of the molecule is CSc1ccc(C=Nn2c(-c3cc4cc(Br)ccc4o3)nc3ccccc3c2=O)cc1. The number of halogens is 1. The summed E-state index contributed by atoms with van der Waals surface area (Å²) in [5.74, 6) is 0.832. The molecule has 0 saturated carbocycles. The number of hydrogen-bond acceptors (Lipinski definition) is 5. The van der Waals surface area contributed by atoms with Crippen molar-refractivity contribution in [2.75, 3.05) is 6.26 Å². The maximum absolute atomic E-state index is 13.3. The fourth-order valence-corrected chi connectivity index (χ4v) is 4.12. The van der Waals surface area contributed by atoms with Crippen LogP contribution in [0.2, 0.25) is 0 Å². The van der Waals surface area contributed by atoms with Crippen molar-refractivity contribution in [1.29, 1.82) is 0 Å². The molecule has 31 heavy (non-hydrogen) atoms. The molecule has 0 radical (unpaired) electrons. The fraction of sp³-hybridized carbons (Fsp3) is 0.0417. The first-order valence-corrected chi connectivity index (χ1v) is 11.5. The lowest BCUT2D eigenvalue weighted by molar-refractivity contribution is 0.616. The summed E-state index contributed by atoms with van der Waals surface area (Å²) in [6.07, 6.45) is 3.69. The first-order valence-electron chi connectivity index (χ1n) is 9.52. The minimum atomic E-state index is -0.251. The summed E-state index contributed by atoms with van der Waals surface area (Å²) in [5, 5.41) is 5.90. The van der Waals surface area contributed by atoms with Gasteiger partial charge in [-0.1, -0.05) is 40.2 Å². The van der Waals surface area contributed by atoms with Crippen LogP contribution in [0.15, 0.2) is 96.5 Å². The number of rotatable bonds is 4. The van der Waals surface area contributed by atoms with Crippen LogP contribution in [0.1, 0.15) is 5.56 Å². The Labute approximate surface area is 190 Å². The van der Waals surface area contributed by atoms with E-state index in [0.29, 0.717) is 28.1 Å². The molecule has 2 aromatic heterocycles. The molecule has 0 amide bonds. The van der Waals surface area contributed by atoms with Gasteiger partial charge in [-0.05, 0) is 60.4 Å². The van der Waals surface area contributed by atoms with Gasteiger partial charge in [-0.15, -0.1) is 11.8 Å². The Morgan fingerprint density at radius 1 is 1.06 bits per heavy atom. The van der Waals surface area contributed by atoms with Crippen molar-refractivity contribution < 1.29 is 4.42 Å². The molecule has 0 unspecified atom stereocenters. The molecule has 0 N–H and O–H groups in total. The number of hydrogen-bond donors (Lipinski definition) is 0. The predicted molar refractivity (Wildman–Crippen MR) is 130 cm³/mol. The van der Waals surface area contributed by atoms with Crippen LogP contribution in [0.25, 0.3) is 33.5 Å². The Hall–Kier alpha value is -3.16. The molecule has 0 bridgehead atoms. The highest BCUT2D eigenvalue weighted by Crippen LogP contribution is 2.29. The van der Waals surface area contributed by atoms with E-state index >= 15 is 0 Å². The van der Waals surface area contributed by atoms with E-state index in [1.165, 1.54) is 4.68 Å². The summed E-state index contributed by atoms with van der Waals surface area (Å²) >= 11 is 5.15. The highest BCUT2D eigenvalue weighted by Gasteiger charge is 2.16. The second-order valence-corrected chi connectivity index (χ2v) is 8.68. The summed E-state index contributed by atoms with van der Waals surface area (Å²) < 4.78 is 8.27. The van der Waals surface area contributed by atoms with Crippen LogP contribution in [-0.4, -0.2) is 22.1 Å². The molecule has 3 aromatic carbocycles. The molecule has 0 atom stereocenters. The lowest BCUT2D eigenvalue weighted by Gasteiger charge is -2.07. The minimum absolute atomic E-state index is 0.251. The van der Waals surface area contributed by atoms with Crippen molar-refractivity contribution in [2.45, 2.75) is 4.90 Å². The highest BCUT2D eigenvalue weighted by atomic mass is 79.9. The maximum atomic E-state index is 13.3. The van der Waals surface area contributed by atoms with Crippen molar-refractivity contribution in [3.05, 3.63) is 93.2 Å². The van der Waals surface area contributed by atoms with Gasteiger partial charge >= 0.3 is 0 Å². The Bertz CT molecular complexity index is 1500. The summed E-state index contributed by atoms with van der Waals surface area (Å²) in [4.78, 5) is 19.1. The number of thioether (sulfide) groups is 1. The van der Waals surface area contributed by atoms with Gasteiger partial charge in [0.05, 0.1) is 17.1 Å². The van der Waals surface area contributed by atoms with E-state index in [-0.39, 0.29) is 5.56 Å². The molecule has 5 rings (SSSR count). The topological polar surface area (TPSA) is 60.4 Å². The van der Waals surface area contributed by atoms with Gasteiger partial charge in [-0.2, -0.15) is 9.78 Å². The van der Waals surface area contributed by atoms with Gasteiger partial charge in [0.2, 0.25) is 5.82 Å². The fourth-order valence-electron chi connectivity index (χ4n) is 3.33. The summed E-state index contributed by atoms with van der Waals surface area (Å²) in [7, 11) is 0. The third-order valence-corrected chi connectivity index (χ3v) is 6.13. The third kappa shape index (κ3) is 3.82. The van der Waals surface area contributed by atoms with E-state index in [1.807, 2.05) is 73.0 Å². The first-order chi connectivity index (χ1) is 15.1. The molecule has 0 fully saturated rings. The molecule has 0 saturated heterocycles. The molecule has 0 aliphatic heterocycles. The van der Waals surface area contributed by atoms with E-state index in [0.717, 1.165) is 20.3 Å². The minimum Gasteiger partial charge on any atom is -0.453 e. The number of benzene rings is 3. The van der Waals surface area contributed by atoms with Crippen LogP contribution >= 0.6 is 27.7 Å². The molecule has 7 heteroatoms. The van der Waals surface area contributed by atoms with E-state index in [9.17, 15) is 4.79 Å². The van der Waals surface area contributed by atoms with E-state index in [4.69, 9.17) is 9.40 Å². The normalized spacial score (nSPS) is 11.7. The molecule has 0 aliphatic rings. The van der Waals surface area contributed by atoms with Gasteiger partial charge in [0.25, 0.3) is 5.56 Å². The Morgan fingerprint density at radius 2 is 1.87 bits per heavy atom. The zero-order chi connectivity index (χ0) is 21.4. The van der Waals surface area contributed by atoms with Crippen LogP contribution in [0.5, 0.6) is 0 Å². The molecule has 5 nitrogen and oxygen atoms in total. The molecule has 0 spiro atoms. The molecule has 5 aromatic rings. The zero-order valence-corrected chi connectivity index (χ0v) is 18.9. The van der Waals surface area contributed by atoms with Crippen molar-refractivity contribution in [3.8, 4) is 11.6 Å². The molecular weight excluding hydrogens is 474 g/mol. The third-order valence-electron chi connectivity index (χ3n) is 4.89. The standard InChI is InChI=1S/C24H16BrN3O2S/c1-31-18-9-6-15(7-10-18)14-26-28-23(27-20-5-3-2-4-19(20)24(28)29)22-13-16-12-17(25)8-11-21(16)30-22/h2-14H,1H3. The van der Waals surface area contributed by atoms with Crippen molar-refractivity contribution in [1.82, 2.24) is 9.66 Å². The van der Waals surface area contributed by atoms with Crippen molar-refractivity contribution in [2.24, 2.45) is 5.10 Å². The van der Waals surface area contributed by atoms with Gasteiger partial charge in [-0.3, -0.25) is 4.79 Å². The average molecular weight is 490 g/mol. The Morgan fingerprint density at radius 3 is 2.68 bits per heavy atom. The highest BCUT2D eigenvalue weighted by molar-refractivity contribution is 9.10.